The van der Waals surface area contributed by atoms with Gasteiger partial charge in [-0.05, 0) is 32.4 Å². The fourth-order valence-electron chi connectivity index (χ4n) is 1.98. The molecule has 0 saturated heterocycles. The van der Waals surface area contributed by atoms with E-state index in [1.54, 1.807) is 0 Å². The standard InChI is InChI=1S/C13H20Cl2N2S/c1-9(8-18-3)17(2)12(7-16)13-10(14)5-4-6-11(13)15/h4-6,9,12H,7-8,16H2,1-3H3. The molecule has 0 aromatic heterocycles. The number of nitrogens with zero attached hydrogens (tertiary/aromatic N) is 1. The van der Waals surface area contributed by atoms with E-state index in [4.69, 9.17) is 28.9 Å². The van der Waals surface area contributed by atoms with Gasteiger partial charge in [0.15, 0.2) is 0 Å². The SMILES string of the molecule is CSCC(C)N(C)C(CN)c1c(Cl)cccc1Cl. The highest BCUT2D eigenvalue weighted by atomic mass is 35.5. The van der Waals surface area contributed by atoms with E-state index in [2.05, 4.69) is 25.1 Å². The summed E-state index contributed by atoms with van der Waals surface area (Å²) in [6.07, 6.45) is 2.10. The number of nitrogens with two attached hydrogens (primary N) is 1. The fraction of sp³-hybridized carbons (Fsp3) is 0.538. The Morgan fingerprint density at radius 1 is 1.33 bits per heavy atom. The van der Waals surface area contributed by atoms with Gasteiger partial charge in [-0.1, -0.05) is 29.3 Å². The van der Waals surface area contributed by atoms with E-state index in [9.17, 15) is 0 Å². The van der Waals surface area contributed by atoms with Gasteiger partial charge < -0.3 is 5.73 Å². The van der Waals surface area contributed by atoms with Crippen LogP contribution in [0.5, 0.6) is 0 Å². The van der Waals surface area contributed by atoms with Gasteiger partial charge in [-0.3, -0.25) is 4.90 Å². The molecule has 0 heterocycles. The normalized spacial score (nSPS) is 14.8. The minimum Gasteiger partial charge on any atom is -0.329 e. The van der Waals surface area contributed by atoms with Gasteiger partial charge in [0.2, 0.25) is 0 Å². The fourth-order valence-corrected chi connectivity index (χ4v) is 3.35. The summed E-state index contributed by atoms with van der Waals surface area (Å²) >= 11 is 14.3. The van der Waals surface area contributed by atoms with Crippen LogP contribution in [0, 0.1) is 0 Å². The molecule has 0 aliphatic heterocycles. The Labute approximate surface area is 124 Å². The lowest BCUT2D eigenvalue weighted by molar-refractivity contribution is 0.204. The zero-order chi connectivity index (χ0) is 13.7. The number of likely N-dealkylation sites (N-methyl/N-ethyl adjacent to an activating group) is 1. The van der Waals surface area contributed by atoms with E-state index in [0.29, 0.717) is 22.6 Å². The molecule has 2 N–H and O–H groups in total. The second-order valence-corrected chi connectivity index (χ2v) is 6.08. The molecule has 0 radical (unpaired) electrons. The minimum absolute atomic E-state index is 0.0494. The topological polar surface area (TPSA) is 29.3 Å². The maximum absolute atomic E-state index is 6.26. The minimum atomic E-state index is 0.0494. The Morgan fingerprint density at radius 3 is 2.33 bits per heavy atom. The van der Waals surface area contributed by atoms with Crippen molar-refractivity contribution in [1.82, 2.24) is 4.90 Å². The molecule has 102 valence electrons. The first kappa shape index (κ1) is 16.1. The van der Waals surface area contributed by atoms with Crippen LogP contribution in [0.2, 0.25) is 10.0 Å². The Bertz CT molecular complexity index is 367. The predicted molar refractivity (Wildman–Crippen MR) is 83.9 cm³/mol. The Kier molecular flexibility index (Phi) is 6.82. The van der Waals surface area contributed by atoms with Crippen molar-refractivity contribution in [3.8, 4) is 0 Å². The van der Waals surface area contributed by atoms with Crippen molar-refractivity contribution >= 4 is 35.0 Å². The van der Waals surface area contributed by atoms with E-state index in [1.807, 2.05) is 30.0 Å². The third-order valence-corrected chi connectivity index (χ3v) is 4.63. The number of hydrogen-bond donors (Lipinski definition) is 1. The lowest BCUT2D eigenvalue weighted by Crippen LogP contribution is -2.38. The first-order chi connectivity index (χ1) is 8.52. The second kappa shape index (κ2) is 7.61. The molecule has 0 fully saturated rings. The molecule has 0 saturated carbocycles. The molecule has 2 nitrogen and oxygen atoms in total. The van der Waals surface area contributed by atoms with E-state index >= 15 is 0 Å². The van der Waals surface area contributed by atoms with Crippen LogP contribution in [0.15, 0.2) is 18.2 Å². The monoisotopic (exact) mass is 306 g/mol. The molecular formula is C13H20Cl2N2S. The van der Waals surface area contributed by atoms with Crippen molar-refractivity contribution in [3.63, 3.8) is 0 Å². The van der Waals surface area contributed by atoms with Crippen molar-refractivity contribution in [2.24, 2.45) is 5.73 Å². The van der Waals surface area contributed by atoms with Crippen LogP contribution >= 0.6 is 35.0 Å². The lowest BCUT2D eigenvalue weighted by Gasteiger charge is -2.33. The number of benzene rings is 1. The van der Waals surface area contributed by atoms with Gasteiger partial charge in [-0.2, -0.15) is 11.8 Å². The average Bonchev–Trinajstić information content (AvgIpc) is 2.33. The van der Waals surface area contributed by atoms with E-state index < -0.39 is 0 Å². The number of hydrogen-bond acceptors (Lipinski definition) is 3. The second-order valence-electron chi connectivity index (χ2n) is 4.36. The van der Waals surface area contributed by atoms with Gasteiger partial charge in [0.25, 0.3) is 0 Å². The van der Waals surface area contributed by atoms with Gasteiger partial charge in [0.1, 0.15) is 0 Å². The van der Waals surface area contributed by atoms with Crippen molar-refractivity contribution in [2.45, 2.75) is 19.0 Å². The zero-order valence-electron chi connectivity index (χ0n) is 11.0. The van der Waals surface area contributed by atoms with Gasteiger partial charge in [0.05, 0.1) is 0 Å². The van der Waals surface area contributed by atoms with E-state index in [1.165, 1.54) is 0 Å². The zero-order valence-corrected chi connectivity index (χ0v) is 13.3. The molecule has 0 bridgehead atoms. The quantitative estimate of drug-likeness (QED) is 0.869. The third-order valence-electron chi connectivity index (χ3n) is 3.15. The molecule has 0 spiro atoms. The highest BCUT2D eigenvalue weighted by molar-refractivity contribution is 7.98. The lowest BCUT2D eigenvalue weighted by atomic mass is 10.0. The third kappa shape index (κ3) is 3.78. The summed E-state index contributed by atoms with van der Waals surface area (Å²) in [5.74, 6) is 1.05. The highest BCUT2D eigenvalue weighted by Gasteiger charge is 2.24. The maximum Gasteiger partial charge on any atom is 0.0500 e. The summed E-state index contributed by atoms with van der Waals surface area (Å²) in [5, 5.41) is 1.36. The largest absolute Gasteiger partial charge is 0.329 e. The molecule has 2 atom stereocenters. The Hall–Kier alpha value is 0.0700. The maximum atomic E-state index is 6.26. The van der Waals surface area contributed by atoms with Crippen molar-refractivity contribution in [3.05, 3.63) is 33.8 Å². The number of rotatable bonds is 6. The van der Waals surface area contributed by atoms with Gasteiger partial charge in [-0.15, -0.1) is 0 Å². The Balaban J connectivity index is 3.02. The van der Waals surface area contributed by atoms with Crippen LogP contribution < -0.4 is 5.73 Å². The predicted octanol–water partition coefficient (Wildman–Crippen LogP) is 3.68. The molecule has 2 unspecified atom stereocenters. The summed E-state index contributed by atoms with van der Waals surface area (Å²) in [6.45, 7) is 2.68. The van der Waals surface area contributed by atoms with Gasteiger partial charge in [0, 0.05) is 40.0 Å². The van der Waals surface area contributed by atoms with Crippen LogP contribution in [0.1, 0.15) is 18.5 Å². The van der Waals surface area contributed by atoms with Crippen LogP contribution in [-0.4, -0.2) is 36.5 Å². The first-order valence-corrected chi connectivity index (χ1v) is 8.02. The van der Waals surface area contributed by atoms with E-state index in [-0.39, 0.29) is 6.04 Å². The summed E-state index contributed by atoms with van der Waals surface area (Å²) < 4.78 is 0. The first-order valence-electron chi connectivity index (χ1n) is 5.87. The highest BCUT2D eigenvalue weighted by Crippen LogP contribution is 2.33. The summed E-state index contributed by atoms with van der Waals surface area (Å²) in [7, 11) is 2.07. The number of halogens is 2. The Morgan fingerprint density at radius 2 is 1.89 bits per heavy atom. The van der Waals surface area contributed by atoms with Crippen LogP contribution in [0.25, 0.3) is 0 Å². The molecule has 0 amide bonds. The molecule has 18 heavy (non-hydrogen) atoms. The summed E-state index contributed by atoms with van der Waals surface area (Å²) in [4.78, 5) is 2.24. The van der Waals surface area contributed by atoms with Gasteiger partial charge in [-0.25, -0.2) is 0 Å². The summed E-state index contributed by atoms with van der Waals surface area (Å²) in [6, 6.07) is 6.04. The molecule has 5 heteroatoms. The average molecular weight is 307 g/mol. The molecule has 0 aliphatic rings. The molecule has 0 aliphatic carbocycles. The number of thioether (sulfide) groups is 1. The molecule has 1 aromatic rings. The van der Waals surface area contributed by atoms with Crippen LogP contribution in [0.3, 0.4) is 0 Å². The molecule has 1 rings (SSSR count). The van der Waals surface area contributed by atoms with Crippen molar-refractivity contribution in [1.29, 1.82) is 0 Å². The van der Waals surface area contributed by atoms with Crippen molar-refractivity contribution < 1.29 is 0 Å². The smallest absolute Gasteiger partial charge is 0.0500 e. The van der Waals surface area contributed by atoms with Crippen molar-refractivity contribution in [2.75, 3.05) is 25.6 Å². The van der Waals surface area contributed by atoms with Crippen LogP contribution in [0.4, 0.5) is 0 Å². The van der Waals surface area contributed by atoms with Gasteiger partial charge >= 0.3 is 0 Å². The molecule has 1 aromatic carbocycles. The van der Waals surface area contributed by atoms with E-state index in [0.717, 1.165) is 11.3 Å². The van der Waals surface area contributed by atoms with Crippen LogP contribution in [-0.2, 0) is 0 Å². The summed E-state index contributed by atoms with van der Waals surface area (Å²) in [5.41, 5.74) is 6.84. The molecular weight excluding hydrogens is 287 g/mol.